The van der Waals surface area contributed by atoms with Crippen LogP contribution in [0, 0.1) is 5.82 Å². The first kappa shape index (κ1) is 14.2. The molecule has 1 heterocycles. The second-order valence-electron chi connectivity index (χ2n) is 3.77. The van der Waals surface area contributed by atoms with Gasteiger partial charge >= 0.3 is 0 Å². The maximum absolute atomic E-state index is 13.5. The molecule has 0 saturated carbocycles. The number of aliphatic hydroxyl groups excluding tert-OH is 1. The van der Waals surface area contributed by atoms with Crippen molar-refractivity contribution < 1.29 is 9.50 Å². The monoisotopic (exact) mass is 345 g/mol. The number of benzene rings is 1. The smallest absolute Gasteiger partial charge is 0.224 e. The summed E-state index contributed by atoms with van der Waals surface area (Å²) >= 11 is 8.96. The molecule has 0 aliphatic carbocycles. The van der Waals surface area contributed by atoms with Gasteiger partial charge in [-0.05, 0) is 29.3 Å². The Kier molecular flexibility index (Phi) is 4.68. The standard InChI is InChI=1S/C12H10BrClFN3O/c13-8-3-1-2-7(4-8)10(6-19)17-11-9(15)5-16-12(14)18-11/h1-5,10,19H,6H2,(H,16,17,18). The summed E-state index contributed by atoms with van der Waals surface area (Å²) in [5, 5.41) is 12.2. The molecule has 2 rings (SSSR count). The van der Waals surface area contributed by atoms with Gasteiger partial charge in [0.2, 0.25) is 5.28 Å². The van der Waals surface area contributed by atoms with Crippen molar-refractivity contribution in [3.63, 3.8) is 0 Å². The third kappa shape index (κ3) is 3.62. The quantitative estimate of drug-likeness (QED) is 0.835. The average molecular weight is 347 g/mol. The van der Waals surface area contributed by atoms with Crippen LogP contribution in [0.4, 0.5) is 10.2 Å². The fourth-order valence-corrected chi connectivity index (χ4v) is 2.12. The van der Waals surface area contributed by atoms with E-state index in [2.05, 4.69) is 31.2 Å². The van der Waals surface area contributed by atoms with E-state index >= 15 is 0 Å². The van der Waals surface area contributed by atoms with Crippen molar-refractivity contribution in [3.8, 4) is 0 Å². The van der Waals surface area contributed by atoms with Crippen molar-refractivity contribution in [2.24, 2.45) is 0 Å². The van der Waals surface area contributed by atoms with E-state index in [1.807, 2.05) is 24.3 Å². The van der Waals surface area contributed by atoms with Crippen molar-refractivity contribution in [1.82, 2.24) is 9.97 Å². The summed E-state index contributed by atoms with van der Waals surface area (Å²) < 4.78 is 14.4. The van der Waals surface area contributed by atoms with Crippen LogP contribution in [-0.4, -0.2) is 21.7 Å². The largest absolute Gasteiger partial charge is 0.394 e. The minimum Gasteiger partial charge on any atom is -0.394 e. The average Bonchev–Trinajstić information content (AvgIpc) is 2.39. The van der Waals surface area contributed by atoms with E-state index in [9.17, 15) is 9.50 Å². The number of nitrogens with zero attached hydrogens (tertiary/aromatic N) is 2. The molecule has 0 bridgehead atoms. The van der Waals surface area contributed by atoms with Gasteiger partial charge in [0.05, 0.1) is 18.8 Å². The summed E-state index contributed by atoms with van der Waals surface area (Å²) in [7, 11) is 0. The van der Waals surface area contributed by atoms with Crippen molar-refractivity contribution in [3.05, 3.63) is 51.6 Å². The summed E-state index contributed by atoms with van der Waals surface area (Å²) in [6.07, 6.45) is 0.979. The van der Waals surface area contributed by atoms with Crippen molar-refractivity contribution >= 4 is 33.3 Å². The molecule has 0 amide bonds. The highest BCUT2D eigenvalue weighted by Gasteiger charge is 2.14. The lowest BCUT2D eigenvalue weighted by molar-refractivity contribution is 0.275. The lowest BCUT2D eigenvalue weighted by atomic mass is 10.1. The van der Waals surface area contributed by atoms with Gasteiger partial charge in [0, 0.05) is 4.47 Å². The molecule has 100 valence electrons. The van der Waals surface area contributed by atoms with Crippen molar-refractivity contribution in [1.29, 1.82) is 0 Å². The van der Waals surface area contributed by atoms with Gasteiger partial charge in [-0.15, -0.1) is 0 Å². The van der Waals surface area contributed by atoms with Crippen LogP contribution in [0.3, 0.4) is 0 Å². The summed E-state index contributed by atoms with van der Waals surface area (Å²) in [6, 6.07) is 6.85. The first-order chi connectivity index (χ1) is 9.10. The highest BCUT2D eigenvalue weighted by Crippen LogP contribution is 2.23. The highest BCUT2D eigenvalue weighted by molar-refractivity contribution is 9.10. The Labute approximate surface area is 122 Å². The Bertz CT molecular complexity index is 585. The lowest BCUT2D eigenvalue weighted by Gasteiger charge is -2.17. The number of rotatable bonds is 4. The summed E-state index contributed by atoms with van der Waals surface area (Å²) in [6.45, 7) is -0.211. The number of aliphatic hydroxyl groups is 1. The Morgan fingerprint density at radius 2 is 2.26 bits per heavy atom. The maximum Gasteiger partial charge on any atom is 0.224 e. The zero-order valence-electron chi connectivity index (χ0n) is 9.65. The summed E-state index contributed by atoms with van der Waals surface area (Å²) in [5.41, 5.74) is 0.797. The zero-order chi connectivity index (χ0) is 13.8. The van der Waals surface area contributed by atoms with Crippen LogP contribution in [-0.2, 0) is 0 Å². The topological polar surface area (TPSA) is 58.0 Å². The minimum atomic E-state index is -0.627. The predicted molar refractivity (Wildman–Crippen MR) is 74.6 cm³/mol. The maximum atomic E-state index is 13.5. The number of hydrogen-bond acceptors (Lipinski definition) is 4. The molecule has 0 radical (unpaired) electrons. The molecular formula is C12H10BrClFN3O. The molecule has 0 aliphatic heterocycles. The normalized spacial score (nSPS) is 12.2. The fraction of sp³-hybridized carbons (Fsp3) is 0.167. The van der Waals surface area contributed by atoms with Crippen molar-refractivity contribution in [2.45, 2.75) is 6.04 Å². The molecular weight excluding hydrogens is 337 g/mol. The summed E-state index contributed by atoms with van der Waals surface area (Å²) in [4.78, 5) is 7.28. The van der Waals surface area contributed by atoms with Crippen LogP contribution < -0.4 is 5.32 Å². The Morgan fingerprint density at radius 1 is 1.47 bits per heavy atom. The van der Waals surface area contributed by atoms with Gasteiger partial charge in [-0.2, -0.15) is 4.98 Å². The van der Waals surface area contributed by atoms with Crippen LogP contribution in [0.5, 0.6) is 0 Å². The van der Waals surface area contributed by atoms with E-state index < -0.39 is 11.9 Å². The number of hydrogen-bond donors (Lipinski definition) is 2. The third-order valence-electron chi connectivity index (χ3n) is 2.46. The Morgan fingerprint density at radius 3 is 2.95 bits per heavy atom. The van der Waals surface area contributed by atoms with Crippen LogP contribution in [0.2, 0.25) is 5.28 Å². The van der Waals surface area contributed by atoms with Crippen LogP contribution in [0.1, 0.15) is 11.6 Å². The van der Waals surface area contributed by atoms with Gasteiger partial charge in [-0.3, -0.25) is 0 Å². The Balaban J connectivity index is 2.26. The van der Waals surface area contributed by atoms with Gasteiger partial charge in [0.25, 0.3) is 0 Å². The number of anilines is 1. The predicted octanol–water partition coefficient (Wildman–Crippen LogP) is 3.18. The SMILES string of the molecule is OCC(Nc1nc(Cl)ncc1F)c1cccc(Br)c1. The van der Waals surface area contributed by atoms with Crippen molar-refractivity contribution in [2.75, 3.05) is 11.9 Å². The minimum absolute atomic E-state index is 0.0426. The summed E-state index contributed by atoms with van der Waals surface area (Å²) in [5.74, 6) is -0.670. The van der Waals surface area contributed by atoms with Crippen LogP contribution in [0.25, 0.3) is 0 Å². The van der Waals surface area contributed by atoms with Gasteiger partial charge in [-0.1, -0.05) is 28.1 Å². The number of nitrogens with one attached hydrogen (secondary N) is 1. The second-order valence-corrected chi connectivity index (χ2v) is 5.02. The molecule has 1 aromatic carbocycles. The van der Waals surface area contributed by atoms with Gasteiger partial charge in [0.1, 0.15) is 0 Å². The van der Waals surface area contributed by atoms with E-state index in [1.165, 1.54) is 0 Å². The molecule has 19 heavy (non-hydrogen) atoms. The van der Waals surface area contributed by atoms with E-state index in [0.29, 0.717) is 0 Å². The molecule has 1 unspecified atom stereocenters. The third-order valence-corrected chi connectivity index (χ3v) is 3.13. The van der Waals surface area contributed by atoms with Crippen LogP contribution in [0.15, 0.2) is 34.9 Å². The molecule has 0 aliphatic rings. The molecule has 0 fully saturated rings. The molecule has 0 spiro atoms. The van der Waals surface area contributed by atoms with E-state index in [0.717, 1.165) is 16.2 Å². The second kappa shape index (κ2) is 6.27. The molecule has 7 heteroatoms. The molecule has 2 N–H and O–H groups in total. The fourth-order valence-electron chi connectivity index (χ4n) is 1.57. The lowest BCUT2D eigenvalue weighted by Crippen LogP contribution is -2.17. The first-order valence-corrected chi connectivity index (χ1v) is 6.58. The van der Waals surface area contributed by atoms with Crippen LogP contribution >= 0.6 is 27.5 Å². The van der Waals surface area contributed by atoms with Gasteiger partial charge < -0.3 is 10.4 Å². The number of aromatic nitrogens is 2. The van der Waals surface area contributed by atoms with Gasteiger partial charge in [-0.25, -0.2) is 9.37 Å². The first-order valence-electron chi connectivity index (χ1n) is 5.41. The molecule has 0 saturated heterocycles. The molecule has 1 atom stereocenters. The Hall–Kier alpha value is -1.24. The molecule has 1 aromatic heterocycles. The number of halogens is 3. The highest BCUT2D eigenvalue weighted by atomic mass is 79.9. The van der Waals surface area contributed by atoms with Gasteiger partial charge in [0.15, 0.2) is 11.6 Å². The zero-order valence-corrected chi connectivity index (χ0v) is 12.0. The van der Waals surface area contributed by atoms with E-state index in [4.69, 9.17) is 11.6 Å². The molecule has 4 nitrogen and oxygen atoms in total. The van der Waals surface area contributed by atoms with E-state index in [-0.39, 0.29) is 17.7 Å². The molecule has 2 aromatic rings. The van der Waals surface area contributed by atoms with E-state index in [1.54, 1.807) is 0 Å².